The number of hydrogen-bond acceptors (Lipinski definition) is 2. The van der Waals surface area contributed by atoms with Crippen molar-refractivity contribution in [2.24, 2.45) is 0 Å². The molecule has 0 aliphatic heterocycles. The Morgan fingerprint density at radius 3 is 2.71 bits per heavy atom. The molecule has 1 amide bonds. The number of amides is 1. The molecule has 0 heterocycles. The van der Waals surface area contributed by atoms with E-state index in [1.807, 2.05) is 6.92 Å². The number of nitrogens with one attached hydrogen (secondary N) is 1. The Bertz CT molecular complexity index is 338. The van der Waals surface area contributed by atoms with Crippen molar-refractivity contribution >= 4 is 5.91 Å². The van der Waals surface area contributed by atoms with E-state index in [2.05, 4.69) is 5.32 Å². The van der Waals surface area contributed by atoms with Gasteiger partial charge < -0.3 is 10.1 Å². The summed E-state index contributed by atoms with van der Waals surface area (Å²) in [7, 11) is 0. The molecule has 3 nitrogen and oxygen atoms in total. The minimum atomic E-state index is -0.281. The molecule has 1 aromatic rings. The minimum absolute atomic E-state index is 0.0505. The minimum Gasteiger partial charge on any atom is -0.494 e. The van der Waals surface area contributed by atoms with Crippen LogP contribution in [0.15, 0.2) is 24.3 Å². The van der Waals surface area contributed by atoms with Gasteiger partial charge in [0.2, 0.25) is 5.91 Å². The number of hydrogen-bond donors (Lipinski definition) is 1. The summed E-state index contributed by atoms with van der Waals surface area (Å²) in [6.45, 7) is 3.20. The maximum absolute atomic E-state index is 12.6. The molecule has 0 aliphatic carbocycles. The summed E-state index contributed by atoms with van der Waals surface area (Å²) in [5, 5.41) is 2.79. The van der Waals surface area contributed by atoms with Gasteiger partial charge in [-0.25, -0.2) is 4.39 Å². The number of halogens is 1. The van der Waals surface area contributed by atoms with Gasteiger partial charge in [0.15, 0.2) is 0 Å². The molecule has 0 aromatic heterocycles. The molecule has 0 bridgehead atoms. The van der Waals surface area contributed by atoms with Crippen LogP contribution in [0.1, 0.15) is 26.2 Å². The molecule has 1 aromatic carbocycles. The second-order valence-electron chi connectivity index (χ2n) is 3.76. The maximum Gasteiger partial charge on any atom is 0.220 e. The molecular weight excluding hydrogens is 221 g/mol. The first-order valence-corrected chi connectivity index (χ1v) is 5.87. The molecule has 0 spiro atoms. The lowest BCUT2D eigenvalue weighted by atomic mass is 10.3. The number of benzene rings is 1. The Morgan fingerprint density at radius 2 is 2.06 bits per heavy atom. The molecular formula is C13H18FNO2. The Balaban J connectivity index is 2.11. The second kappa shape index (κ2) is 7.65. The zero-order chi connectivity index (χ0) is 12.5. The first-order chi connectivity index (χ1) is 8.22. The van der Waals surface area contributed by atoms with Crippen molar-refractivity contribution in [3.8, 4) is 5.75 Å². The van der Waals surface area contributed by atoms with E-state index in [4.69, 9.17) is 4.74 Å². The fraction of sp³-hybridized carbons (Fsp3) is 0.462. The van der Waals surface area contributed by atoms with E-state index in [0.717, 1.165) is 13.0 Å². The van der Waals surface area contributed by atoms with Crippen LogP contribution in [0.4, 0.5) is 4.39 Å². The molecule has 4 heteroatoms. The van der Waals surface area contributed by atoms with Crippen LogP contribution in [0.5, 0.6) is 5.75 Å². The van der Waals surface area contributed by atoms with Crippen LogP contribution in [0.25, 0.3) is 0 Å². The number of rotatable bonds is 7. The zero-order valence-corrected chi connectivity index (χ0v) is 10.0. The van der Waals surface area contributed by atoms with Crippen LogP contribution < -0.4 is 10.1 Å². The molecule has 0 fully saturated rings. The maximum atomic E-state index is 12.6. The third kappa shape index (κ3) is 5.90. The Kier molecular flexibility index (Phi) is 6.07. The standard InChI is InChI=1S/C13H18FNO2/c1-2-9-15-13(16)4-3-10-17-12-7-5-11(14)6-8-12/h5-8H,2-4,9-10H2,1H3,(H,15,16). The van der Waals surface area contributed by atoms with E-state index in [1.165, 1.54) is 12.1 Å². The van der Waals surface area contributed by atoms with Gasteiger partial charge in [-0.2, -0.15) is 0 Å². The predicted molar refractivity (Wildman–Crippen MR) is 64.4 cm³/mol. The molecule has 1 rings (SSSR count). The molecule has 0 atom stereocenters. The smallest absolute Gasteiger partial charge is 0.220 e. The van der Waals surface area contributed by atoms with E-state index < -0.39 is 0 Å². The first kappa shape index (κ1) is 13.5. The molecule has 0 radical (unpaired) electrons. The lowest BCUT2D eigenvalue weighted by molar-refractivity contribution is -0.121. The van der Waals surface area contributed by atoms with Crippen LogP contribution >= 0.6 is 0 Å². The summed E-state index contributed by atoms with van der Waals surface area (Å²) in [6, 6.07) is 5.85. The van der Waals surface area contributed by atoms with Crippen molar-refractivity contribution in [3.05, 3.63) is 30.1 Å². The summed E-state index contributed by atoms with van der Waals surface area (Å²) in [5.74, 6) is 0.395. The van der Waals surface area contributed by atoms with Crippen molar-refractivity contribution in [1.82, 2.24) is 5.32 Å². The van der Waals surface area contributed by atoms with E-state index >= 15 is 0 Å². The highest BCUT2D eigenvalue weighted by Gasteiger charge is 2.00. The largest absolute Gasteiger partial charge is 0.494 e. The van der Waals surface area contributed by atoms with Crippen LogP contribution in [0.3, 0.4) is 0 Å². The number of carbonyl (C=O) groups is 1. The van der Waals surface area contributed by atoms with Gasteiger partial charge in [-0.1, -0.05) is 6.92 Å². The Morgan fingerprint density at radius 1 is 1.35 bits per heavy atom. The average molecular weight is 239 g/mol. The summed E-state index contributed by atoms with van der Waals surface area (Å²) in [6.07, 6.45) is 2.06. The van der Waals surface area contributed by atoms with Crippen LogP contribution in [-0.2, 0) is 4.79 Å². The van der Waals surface area contributed by atoms with E-state index in [0.29, 0.717) is 25.2 Å². The summed E-state index contributed by atoms with van der Waals surface area (Å²) in [4.78, 5) is 11.2. The van der Waals surface area contributed by atoms with Gasteiger partial charge in [0.25, 0.3) is 0 Å². The van der Waals surface area contributed by atoms with Crippen molar-refractivity contribution in [3.63, 3.8) is 0 Å². The van der Waals surface area contributed by atoms with Gasteiger partial charge in [0.1, 0.15) is 11.6 Å². The summed E-state index contributed by atoms with van der Waals surface area (Å²) in [5.41, 5.74) is 0. The second-order valence-corrected chi connectivity index (χ2v) is 3.76. The highest BCUT2D eigenvalue weighted by atomic mass is 19.1. The molecule has 94 valence electrons. The molecule has 0 unspecified atom stereocenters. The molecule has 17 heavy (non-hydrogen) atoms. The van der Waals surface area contributed by atoms with Gasteiger partial charge in [-0.3, -0.25) is 4.79 Å². The molecule has 0 saturated carbocycles. The SMILES string of the molecule is CCCNC(=O)CCCOc1ccc(F)cc1. The lowest BCUT2D eigenvalue weighted by Gasteiger charge is -2.06. The third-order valence-electron chi connectivity index (χ3n) is 2.20. The van der Waals surface area contributed by atoms with Crippen molar-refractivity contribution in [2.75, 3.05) is 13.2 Å². The summed E-state index contributed by atoms with van der Waals surface area (Å²) < 4.78 is 18.0. The lowest BCUT2D eigenvalue weighted by Crippen LogP contribution is -2.24. The van der Waals surface area contributed by atoms with Gasteiger partial charge >= 0.3 is 0 Å². The Hall–Kier alpha value is -1.58. The van der Waals surface area contributed by atoms with Gasteiger partial charge in [-0.15, -0.1) is 0 Å². The first-order valence-electron chi connectivity index (χ1n) is 5.87. The van der Waals surface area contributed by atoms with Crippen molar-refractivity contribution < 1.29 is 13.9 Å². The average Bonchev–Trinajstić information content (AvgIpc) is 2.34. The quantitative estimate of drug-likeness (QED) is 0.742. The van der Waals surface area contributed by atoms with Crippen LogP contribution in [0.2, 0.25) is 0 Å². The van der Waals surface area contributed by atoms with E-state index in [9.17, 15) is 9.18 Å². The fourth-order valence-electron chi connectivity index (χ4n) is 1.31. The van der Waals surface area contributed by atoms with Crippen LogP contribution in [-0.4, -0.2) is 19.1 Å². The topological polar surface area (TPSA) is 38.3 Å². The molecule has 1 N–H and O–H groups in total. The highest BCUT2D eigenvalue weighted by Crippen LogP contribution is 2.11. The molecule has 0 saturated heterocycles. The number of ether oxygens (including phenoxy) is 1. The van der Waals surface area contributed by atoms with Gasteiger partial charge in [0, 0.05) is 13.0 Å². The van der Waals surface area contributed by atoms with Crippen LogP contribution in [0, 0.1) is 5.82 Å². The monoisotopic (exact) mass is 239 g/mol. The van der Waals surface area contributed by atoms with E-state index in [1.54, 1.807) is 12.1 Å². The van der Waals surface area contributed by atoms with Crippen molar-refractivity contribution in [1.29, 1.82) is 0 Å². The fourth-order valence-corrected chi connectivity index (χ4v) is 1.31. The number of carbonyl (C=O) groups excluding carboxylic acids is 1. The zero-order valence-electron chi connectivity index (χ0n) is 10.0. The van der Waals surface area contributed by atoms with Gasteiger partial charge in [-0.05, 0) is 37.1 Å². The van der Waals surface area contributed by atoms with Gasteiger partial charge in [0.05, 0.1) is 6.61 Å². The van der Waals surface area contributed by atoms with E-state index in [-0.39, 0.29) is 11.7 Å². The predicted octanol–water partition coefficient (Wildman–Crippen LogP) is 2.51. The third-order valence-corrected chi connectivity index (χ3v) is 2.20. The molecule has 0 aliphatic rings. The normalized spacial score (nSPS) is 10.0. The highest BCUT2D eigenvalue weighted by molar-refractivity contribution is 5.75. The Labute approximate surface area is 101 Å². The summed E-state index contributed by atoms with van der Waals surface area (Å²) >= 11 is 0. The van der Waals surface area contributed by atoms with Crippen molar-refractivity contribution in [2.45, 2.75) is 26.2 Å².